The summed E-state index contributed by atoms with van der Waals surface area (Å²) in [6.45, 7) is 3.96. The quantitative estimate of drug-likeness (QED) is 0.501. The molecule has 0 saturated heterocycles. The highest BCUT2D eigenvalue weighted by Crippen LogP contribution is 2.36. The van der Waals surface area contributed by atoms with Crippen LogP contribution >= 0.6 is 0 Å². The Kier molecular flexibility index (Phi) is 3.72. The van der Waals surface area contributed by atoms with E-state index in [1.54, 1.807) is 12.4 Å². The van der Waals surface area contributed by atoms with Gasteiger partial charge in [0.15, 0.2) is 5.65 Å². The first-order valence-electron chi connectivity index (χ1n) is 8.96. The van der Waals surface area contributed by atoms with E-state index in [9.17, 15) is 0 Å². The number of hydrogen-bond acceptors (Lipinski definition) is 5. The lowest BCUT2D eigenvalue weighted by atomic mass is 10.0. The normalized spacial score (nSPS) is 11.2. The van der Waals surface area contributed by atoms with E-state index in [4.69, 9.17) is 4.98 Å². The molecule has 0 saturated carbocycles. The van der Waals surface area contributed by atoms with Crippen LogP contribution in [0.2, 0.25) is 0 Å². The Morgan fingerprint density at radius 3 is 2.18 bits per heavy atom. The van der Waals surface area contributed by atoms with Gasteiger partial charge in [-0.25, -0.2) is 4.98 Å². The summed E-state index contributed by atoms with van der Waals surface area (Å²) in [5.41, 5.74) is 7.75. The highest BCUT2D eigenvalue weighted by Gasteiger charge is 2.20. The molecule has 0 unspecified atom stereocenters. The number of aryl methyl sites for hydroxylation is 2. The van der Waals surface area contributed by atoms with Crippen molar-refractivity contribution in [3.63, 3.8) is 0 Å². The maximum absolute atomic E-state index is 4.81. The first-order chi connectivity index (χ1) is 13.7. The molecule has 7 nitrogen and oxygen atoms in total. The van der Waals surface area contributed by atoms with E-state index in [2.05, 4.69) is 36.4 Å². The zero-order chi connectivity index (χ0) is 19.1. The number of nitrogens with one attached hydrogen (secondary N) is 2. The van der Waals surface area contributed by atoms with Crippen molar-refractivity contribution in [2.24, 2.45) is 0 Å². The number of hydrogen-bond donors (Lipinski definition) is 2. The number of fused-ring (bicyclic) bond motifs is 1. The summed E-state index contributed by atoms with van der Waals surface area (Å²) in [4.78, 5) is 13.9. The molecule has 7 heteroatoms. The lowest BCUT2D eigenvalue weighted by Crippen LogP contribution is -1.93. The fourth-order valence-electron chi connectivity index (χ4n) is 3.50. The van der Waals surface area contributed by atoms with Crippen molar-refractivity contribution in [3.05, 3.63) is 66.2 Å². The second-order valence-electron chi connectivity index (χ2n) is 6.59. The van der Waals surface area contributed by atoms with E-state index in [1.165, 1.54) is 0 Å². The van der Waals surface area contributed by atoms with E-state index in [0.717, 1.165) is 50.7 Å². The summed E-state index contributed by atoms with van der Waals surface area (Å²) in [6, 6.07) is 13.7. The van der Waals surface area contributed by atoms with Crippen LogP contribution in [0.3, 0.4) is 0 Å². The molecule has 0 aromatic carbocycles. The zero-order valence-corrected chi connectivity index (χ0v) is 15.4. The van der Waals surface area contributed by atoms with E-state index in [0.29, 0.717) is 5.65 Å². The average molecular weight is 367 g/mol. The van der Waals surface area contributed by atoms with Gasteiger partial charge in [0.25, 0.3) is 0 Å². The van der Waals surface area contributed by atoms with Crippen LogP contribution in [0.15, 0.2) is 54.9 Å². The Balaban J connectivity index is 1.84. The molecule has 0 aliphatic carbocycles. The van der Waals surface area contributed by atoms with Gasteiger partial charge in [-0.15, -0.1) is 0 Å². The second-order valence-corrected chi connectivity index (χ2v) is 6.59. The highest BCUT2D eigenvalue weighted by atomic mass is 15.2. The molecule has 5 heterocycles. The summed E-state index contributed by atoms with van der Waals surface area (Å²) in [7, 11) is 0. The summed E-state index contributed by atoms with van der Waals surface area (Å²) >= 11 is 0. The highest BCUT2D eigenvalue weighted by molar-refractivity contribution is 6.02. The van der Waals surface area contributed by atoms with E-state index >= 15 is 0 Å². The summed E-state index contributed by atoms with van der Waals surface area (Å²) in [5.74, 6) is 0. The van der Waals surface area contributed by atoms with Crippen molar-refractivity contribution in [2.45, 2.75) is 13.8 Å². The van der Waals surface area contributed by atoms with E-state index in [1.807, 2.05) is 50.2 Å². The molecule has 2 N–H and O–H groups in total. The van der Waals surface area contributed by atoms with Gasteiger partial charge in [0.05, 0.1) is 33.9 Å². The Morgan fingerprint density at radius 2 is 1.54 bits per heavy atom. The predicted molar refractivity (Wildman–Crippen MR) is 107 cm³/mol. The number of rotatable bonds is 3. The van der Waals surface area contributed by atoms with Crippen LogP contribution in [-0.2, 0) is 0 Å². The van der Waals surface area contributed by atoms with Crippen LogP contribution in [0.25, 0.3) is 44.9 Å². The second kappa shape index (κ2) is 6.38. The third kappa shape index (κ3) is 2.56. The molecule has 0 fully saturated rings. The van der Waals surface area contributed by atoms with Gasteiger partial charge in [0.2, 0.25) is 0 Å². The van der Waals surface area contributed by atoms with Crippen molar-refractivity contribution in [1.82, 2.24) is 35.3 Å². The Labute approximate surface area is 160 Å². The molecule has 136 valence electrons. The Morgan fingerprint density at radius 1 is 0.786 bits per heavy atom. The largest absolute Gasteiger partial charge is 0.282 e. The number of pyridine rings is 3. The van der Waals surface area contributed by atoms with Gasteiger partial charge < -0.3 is 0 Å². The van der Waals surface area contributed by atoms with Gasteiger partial charge in [0, 0.05) is 29.2 Å². The van der Waals surface area contributed by atoms with Crippen molar-refractivity contribution in [2.75, 3.05) is 0 Å². The minimum absolute atomic E-state index is 0.624. The molecule has 5 aromatic heterocycles. The van der Waals surface area contributed by atoms with Crippen molar-refractivity contribution in [3.8, 4) is 33.9 Å². The third-order valence-electron chi connectivity index (χ3n) is 4.77. The van der Waals surface area contributed by atoms with Crippen LogP contribution in [0.1, 0.15) is 11.4 Å². The molecule has 0 aliphatic rings. The summed E-state index contributed by atoms with van der Waals surface area (Å²) in [5, 5.41) is 15.8. The van der Waals surface area contributed by atoms with Gasteiger partial charge >= 0.3 is 0 Å². The van der Waals surface area contributed by atoms with Gasteiger partial charge in [-0.2, -0.15) is 10.2 Å². The third-order valence-corrected chi connectivity index (χ3v) is 4.77. The molecule has 5 rings (SSSR count). The maximum Gasteiger partial charge on any atom is 0.182 e. The lowest BCUT2D eigenvalue weighted by Gasteiger charge is -2.08. The van der Waals surface area contributed by atoms with E-state index < -0.39 is 0 Å². The molecule has 0 bridgehead atoms. The smallest absolute Gasteiger partial charge is 0.182 e. The van der Waals surface area contributed by atoms with Crippen LogP contribution in [-0.4, -0.2) is 35.3 Å². The molecule has 0 amide bonds. The molecule has 28 heavy (non-hydrogen) atoms. The number of aromatic amines is 2. The first kappa shape index (κ1) is 16.3. The van der Waals surface area contributed by atoms with E-state index in [-0.39, 0.29) is 0 Å². The predicted octanol–water partition coefficient (Wildman–Crippen LogP) is 4.09. The fraction of sp³-hybridized carbons (Fsp3) is 0.0952. The lowest BCUT2D eigenvalue weighted by molar-refractivity contribution is 1.02. The van der Waals surface area contributed by atoms with Gasteiger partial charge in [-0.05, 0) is 44.2 Å². The van der Waals surface area contributed by atoms with Gasteiger partial charge in [0.1, 0.15) is 0 Å². The van der Waals surface area contributed by atoms with Crippen LogP contribution < -0.4 is 0 Å². The average Bonchev–Trinajstić information content (AvgIpc) is 3.31. The zero-order valence-electron chi connectivity index (χ0n) is 15.4. The van der Waals surface area contributed by atoms with Crippen molar-refractivity contribution in [1.29, 1.82) is 0 Å². The topological polar surface area (TPSA) is 96.0 Å². The van der Waals surface area contributed by atoms with Gasteiger partial charge in [-0.3, -0.25) is 20.2 Å². The Hall–Kier alpha value is -3.87. The van der Waals surface area contributed by atoms with Crippen molar-refractivity contribution < 1.29 is 0 Å². The molecule has 0 aliphatic heterocycles. The number of H-pyrrole nitrogens is 2. The first-order valence-corrected chi connectivity index (χ1v) is 8.96. The summed E-state index contributed by atoms with van der Waals surface area (Å²) < 4.78 is 0. The standard InChI is InChI=1S/C21H17N7/c1-12-18(13(2)26-25-12)17-11-14(15-7-3-5-9-22-15)19-20(27-28-21(19)24-17)16-8-4-6-10-23-16/h3-11H,1-2H3,(H,25,26)(H,24,27,28). The van der Waals surface area contributed by atoms with Crippen LogP contribution in [0.4, 0.5) is 0 Å². The van der Waals surface area contributed by atoms with Crippen LogP contribution in [0, 0.1) is 13.8 Å². The van der Waals surface area contributed by atoms with Gasteiger partial charge in [-0.1, -0.05) is 12.1 Å². The monoisotopic (exact) mass is 367 g/mol. The number of nitrogens with zero attached hydrogens (tertiary/aromatic N) is 5. The molecular weight excluding hydrogens is 350 g/mol. The molecule has 0 atom stereocenters. The molecule has 0 spiro atoms. The van der Waals surface area contributed by atoms with Crippen molar-refractivity contribution >= 4 is 11.0 Å². The summed E-state index contributed by atoms with van der Waals surface area (Å²) in [6.07, 6.45) is 3.55. The van der Waals surface area contributed by atoms with Crippen LogP contribution in [0.5, 0.6) is 0 Å². The molecule has 0 radical (unpaired) electrons. The SMILES string of the molecule is Cc1n[nH]c(C)c1-c1cc(-c2ccccn2)c2c(-c3ccccn3)[nH]nc2n1. The minimum Gasteiger partial charge on any atom is -0.282 e. The number of aromatic nitrogens is 7. The fourth-order valence-corrected chi connectivity index (χ4v) is 3.50. The minimum atomic E-state index is 0.624. The molecule has 5 aromatic rings. The maximum atomic E-state index is 4.81. The Bertz CT molecular complexity index is 1250. The molecular formula is C21H17N7.